The van der Waals surface area contributed by atoms with Crippen molar-refractivity contribution >= 4 is 16.6 Å². The van der Waals surface area contributed by atoms with E-state index in [1.807, 2.05) is 30.3 Å². The van der Waals surface area contributed by atoms with Crippen molar-refractivity contribution in [3.8, 4) is 11.5 Å². The highest BCUT2D eigenvalue weighted by Gasteiger charge is 2.46. The molecule has 0 bridgehead atoms. The van der Waals surface area contributed by atoms with E-state index in [2.05, 4.69) is 31.0 Å². The van der Waals surface area contributed by atoms with Gasteiger partial charge in [0.2, 0.25) is 0 Å². The van der Waals surface area contributed by atoms with Gasteiger partial charge in [0.25, 0.3) is 0 Å². The first kappa shape index (κ1) is 22.7. The van der Waals surface area contributed by atoms with E-state index in [9.17, 15) is 13.2 Å². The molecule has 0 radical (unpaired) electrons. The summed E-state index contributed by atoms with van der Waals surface area (Å²) >= 11 is 0. The zero-order valence-electron chi connectivity index (χ0n) is 19.3. The van der Waals surface area contributed by atoms with Crippen LogP contribution in [0.25, 0.3) is 28.1 Å². The number of hydrogen-bond acceptors (Lipinski definition) is 5. The summed E-state index contributed by atoms with van der Waals surface area (Å²) in [6.45, 7) is 6.88. The number of aromatic nitrogens is 4. The summed E-state index contributed by atoms with van der Waals surface area (Å²) in [7, 11) is 0. The van der Waals surface area contributed by atoms with Crippen molar-refractivity contribution in [2.45, 2.75) is 50.9 Å². The number of rotatable bonds is 3. The van der Waals surface area contributed by atoms with Crippen LogP contribution in [0.3, 0.4) is 0 Å². The Bertz CT molecular complexity index is 1350. The summed E-state index contributed by atoms with van der Waals surface area (Å²) in [6.07, 6.45) is -2.41. The highest BCUT2D eigenvalue weighted by atomic mass is 19.4. The van der Waals surface area contributed by atoms with E-state index < -0.39 is 12.2 Å². The molecule has 1 aromatic carbocycles. The Balaban J connectivity index is 1.63. The molecule has 1 fully saturated rings. The van der Waals surface area contributed by atoms with Crippen LogP contribution in [0.1, 0.15) is 44.4 Å². The Morgan fingerprint density at radius 1 is 1.03 bits per heavy atom. The van der Waals surface area contributed by atoms with Gasteiger partial charge >= 0.3 is 6.18 Å². The molecule has 5 rings (SSSR count). The Labute approximate surface area is 195 Å². The van der Waals surface area contributed by atoms with Gasteiger partial charge in [0, 0.05) is 30.7 Å². The van der Waals surface area contributed by atoms with Gasteiger partial charge in [-0.25, -0.2) is 4.98 Å². The van der Waals surface area contributed by atoms with E-state index in [-0.39, 0.29) is 23.6 Å². The average molecular weight is 469 g/mol. The molecular formula is C25H27F3N6. The summed E-state index contributed by atoms with van der Waals surface area (Å²) in [5.74, 6) is 0.404. The Morgan fingerprint density at radius 3 is 2.50 bits per heavy atom. The zero-order chi connectivity index (χ0) is 24.3. The first-order chi connectivity index (χ1) is 16.0. The SMILES string of the molecule is CC(C)(C)c1cccc2ccc(-c3nnc4ccc([C@@H](N5CC[C@H](N)C5)C(F)(F)F)cn34)nc12. The van der Waals surface area contributed by atoms with Crippen molar-refractivity contribution in [3.63, 3.8) is 0 Å². The van der Waals surface area contributed by atoms with Gasteiger partial charge in [-0.2, -0.15) is 13.2 Å². The molecule has 4 aromatic rings. The second-order valence-electron chi connectivity index (χ2n) is 10.0. The molecule has 34 heavy (non-hydrogen) atoms. The number of nitrogens with zero attached hydrogens (tertiary/aromatic N) is 5. The van der Waals surface area contributed by atoms with Crippen molar-refractivity contribution in [1.82, 2.24) is 24.5 Å². The summed E-state index contributed by atoms with van der Waals surface area (Å²) in [4.78, 5) is 6.27. The highest BCUT2D eigenvalue weighted by molar-refractivity contribution is 5.84. The van der Waals surface area contributed by atoms with E-state index in [0.717, 1.165) is 16.5 Å². The first-order valence-electron chi connectivity index (χ1n) is 11.3. The molecule has 0 amide bonds. The lowest BCUT2D eigenvalue weighted by Crippen LogP contribution is -2.38. The molecule has 0 spiro atoms. The first-order valence-corrected chi connectivity index (χ1v) is 11.3. The maximum Gasteiger partial charge on any atom is 0.408 e. The summed E-state index contributed by atoms with van der Waals surface area (Å²) < 4.78 is 44.0. The Hall–Kier alpha value is -3.04. The lowest BCUT2D eigenvalue weighted by atomic mass is 9.85. The van der Waals surface area contributed by atoms with Crippen LogP contribution in [-0.4, -0.2) is 49.8 Å². The van der Waals surface area contributed by atoms with Crippen LogP contribution in [0, 0.1) is 0 Å². The van der Waals surface area contributed by atoms with Gasteiger partial charge in [0.05, 0.1) is 5.52 Å². The van der Waals surface area contributed by atoms with Crippen molar-refractivity contribution in [1.29, 1.82) is 0 Å². The number of alkyl halides is 3. The van der Waals surface area contributed by atoms with Crippen molar-refractivity contribution in [2.75, 3.05) is 13.1 Å². The van der Waals surface area contributed by atoms with Gasteiger partial charge in [0.1, 0.15) is 11.7 Å². The van der Waals surface area contributed by atoms with Crippen molar-refractivity contribution < 1.29 is 13.2 Å². The number of hydrogen-bond donors (Lipinski definition) is 1. The molecule has 0 aliphatic carbocycles. The van der Waals surface area contributed by atoms with Crippen LogP contribution in [-0.2, 0) is 5.41 Å². The lowest BCUT2D eigenvalue weighted by molar-refractivity contribution is -0.183. The number of pyridine rings is 2. The van der Waals surface area contributed by atoms with Gasteiger partial charge in [-0.3, -0.25) is 9.30 Å². The van der Waals surface area contributed by atoms with Crippen LogP contribution in [0.5, 0.6) is 0 Å². The fraction of sp³-hybridized carbons (Fsp3) is 0.400. The number of fused-ring (bicyclic) bond motifs is 2. The standard InChI is InChI=1S/C25H27F3N6/c1-24(2,3)18-6-4-5-15-7-9-19(30-21(15)18)23-32-31-20-10-8-16(13-34(20)23)22(25(26,27)28)33-12-11-17(29)14-33/h4-10,13,17,22H,11-12,14,29H2,1-3H3/t17-,22+/m0/s1. The molecule has 1 saturated heterocycles. The van der Waals surface area contributed by atoms with Gasteiger partial charge in [0.15, 0.2) is 11.5 Å². The monoisotopic (exact) mass is 468 g/mol. The van der Waals surface area contributed by atoms with Gasteiger partial charge in [-0.1, -0.05) is 51.1 Å². The van der Waals surface area contributed by atoms with E-state index in [1.165, 1.54) is 17.2 Å². The van der Waals surface area contributed by atoms with Gasteiger partial charge in [-0.05, 0) is 35.1 Å². The number of likely N-dealkylation sites (tertiary alicyclic amines) is 1. The third kappa shape index (κ3) is 4.03. The van der Waals surface area contributed by atoms with E-state index >= 15 is 0 Å². The van der Waals surface area contributed by atoms with Crippen LogP contribution in [0.2, 0.25) is 0 Å². The minimum atomic E-state index is -4.44. The molecular weight excluding hydrogens is 441 g/mol. The molecule has 2 N–H and O–H groups in total. The minimum Gasteiger partial charge on any atom is -0.326 e. The van der Waals surface area contributed by atoms with Crippen LogP contribution < -0.4 is 5.73 Å². The third-order valence-electron chi connectivity index (χ3n) is 6.43. The molecule has 0 saturated carbocycles. The number of para-hydroxylation sites is 1. The molecule has 2 atom stereocenters. The third-order valence-corrected chi connectivity index (χ3v) is 6.43. The Morgan fingerprint density at radius 2 is 1.82 bits per heavy atom. The van der Waals surface area contributed by atoms with Gasteiger partial charge < -0.3 is 5.73 Å². The number of halogens is 3. The molecule has 178 valence electrons. The molecule has 6 nitrogen and oxygen atoms in total. The molecule has 4 heterocycles. The van der Waals surface area contributed by atoms with Crippen LogP contribution >= 0.6 is 0 Å². The fourth-order valence-corrected chi connectivity index (χ4v) is 4.78. The predicted molar refractivity (Wildman–Crippen MR) is 125 cm³/mol. The van der Waals surface area contributed by atoms with Crippen LogP contribution in [0.15, 0.2) is 48.7 Å². The summed E-state index contributed by atoms with van der Waals surface area (Å²) in [5, 5.41) is 9.44. The summed E-state index contributed by atoms with van der Waals surface area (Å²) in [6, 6.07) is 10.9. The largest absolute Gasteiger partial charge is 0.408 e. The maximum atomic E-state index is 14.1. The minimum absolute atomic E-state index is 0.123. The van der Waals surface area contributed by atoms with E-state index in [0.29, 0.717) is 30.1 Å². The second-order valence-corrected chi connectivity index (χ2v) is 10.0. The smallest absolute Gasteiger partial charge is 0.326 e. The normalized spacial score (nSPS) is 18.7. The highest BCUT2D eigenvalue weighted by Crippen LogP contribution is 2.39. The van der Waals surface area contributed by atoms with Gasteiger partial charge in [-0.15, -0.1) is 10.2 Å². The molecule has 1 aliphatic heterocycles. The zero-order valence-corrected chi connectivity index (χ0v) is 19.3. The van der Waals surface area contributed by atoms with Crippen molar-refractivity contribution in [2.24, 2.45) is 5.73 Å². The van der Waals surface area contributed by atoms with E-state index in [1.54, 1.807) is 10.5 Å². The number of nitrogens with two attached hydrogens (primary N) is 1. The molecule has 0 unspecified atom stereocenters. The fourth-order valence-electron chi connectivity index (χ4n) is 4.78. The quantitative estimate of drug-likeness (QED) is 0.464. The predicted octanol–water partition coefficient (Wildman–Crippen LogP) is 4.88. The summed E-state index contributed by atoms with van der Waals surface area (Å²) in [5.41, 5.74) is 8.86. The molecule has 3 aromatic heterocycles. The topological polar surface area (TPSA) is 72.3 Å². The van der Waals surface area contributed by atoms with Crippen LogP contribution in [0.4, 0.5) is 13.2 Å². The van der Waals surface area contributed by atoms with Crippen molar-refractivity contribution in [3.05, 3.63) is 59.8 Å². The molecule has 9 heteroatoms. The Kier molecular flexibility index (Phi) is 5.37. The van der Waals surface area contributed by atoms with E-state index in [4.69, 9.17) is 10.7 Å². The number of benzene rings is 1. The maximum absolute atomic E-state index is 14.1. The second kappa shape index (κ2) is 8.02. The molecule has 1 aliphatic rings. The lowest BCUT2D eigenvalue weighted by Gasteiger charge is -2.30. The average Bonchev–Trinajstić information content (AvgIpc) is 3.37.